The molecule has 0 bridgehead atoms. The second kappa shape index (κ2) is 6.95. The van der Waals surface area contributed by atoms with Gasteiger partial charge in [-0.25, -0.2) is 9.97 Å². The molecular formula is C15H17N5O2. The number of morpholine rings is 1. The van der Waals surface area contributed by atoms with Gasteiger partial charge in [0, 0.05) is 38.2 Å². The van der Waals surface area contributed by atoms with Crippen molar-refractivity contribution in [2.75, 3.05) is 31.2 Å². The van der Waals surface area contributed by atoms with Crippen molar-refractivity contribution in [2.24, 2.45) is 0 Å². The topological polar surface area (TPSA) is 80.2 Å². The first-order valence-electron chi connectivity index (χ1n) is 7.15. The van der Waals surface area contributed by atoms with Crippen molar-refractivity contribution in [1.82, 2.24) is 20.3 Å². The van der Waals surface area contributed by atoms with Crippen LogP contribution in [0.1, 0.15) is 16.1 Å². The molecule has 22 heavy (non-hydrogen) atoms. The molecule has 0 aliphatic carbocycles. The Morgan fingerprint density at radius 1 is 1.18 bits per heavy atom. The van der Waals surface area contributed by atoms with Gasteiger partial charge in [0.2, 0.25) is 0 Å². The molecule has 1 amide bonds. The lowest BCUT2D eigenvalue weighted by Crippen LogP contribution is -2.36. The third kappa shape index (κ3) is 3.56. The molecule has 7 heteroatoms. The van der Waals surface area contributed by atoms with Gasteiger partial charge in [0.15, 0.2) is 0 Å². The monoisotopic (exact) mass is 299 g/mol. The summed E-state index contributed by atoms with van der Waals surface area (Å²) in [5, 5.41) is 2.80. The Hall–Kier alpha value is -2.54. The first kappa shape index (κ1) is 14.4. The van der Waals surface area contributed by atoms with E-state index < -0.39 is 0 Å². The number of carbonyl (C=O) groups excluding carboxylic acids is 1. The summed E-state index contributed by atoms with van der Waals surface area (Å²) in [5.74, 6) is 0.692. The van der Waals surface area contributed by atoms with E-state index in [2.05, 4.69) is 25.2 Å². The number of hydrogen-bond acceptors (Lipinski definition) is 6. The highest BCUT2D eigenvalue weighted by molar-refractivity contribution is 5.91. The van der Waals surface area contributed by atoms with E-state index in [0.717, 1.165) is 37.7 Å². The van der Waals surface area contributed by atoms with Gasteiger partial charge in [-0.15, -0.1) is 0 Å². The number of ether oxygens (including phenoxy) is 1. The molecule has 1 aliphatic rings. The van der Waals surface area contributed by atoms with E-state index in [9.17, 15) is 4.79 Å². The van der Waals surface area contributed by atoms with Crippen LogP contribution in [-0.2, 0) is 11.3 Å². The predicted octanol–water partition coefficient (Wildman–Crippen LogP) is 0.638. The van der Waals surface area contributed by atoms with Gasteiger partial charge >= 0.3 is 0 Å². The van der Waals surface area contributed by atoms with E-state index in [-0.39, 0.29) is 5.91 Å². The molecule has 2 aromatic heterocycles. The highest BCUT2D eigenvalue weighted by Crippen LogP contribution is 2.12. The van der Waals surface area contributed by atoms with Gasteiger partial charge in [-0.2, -0.15) is 0 Å². The lowest BCUT2D eigenvalue weighted by molar-refractivity contribution is 0.0945. The van der Waals surface area contributed by atoms with Gasteiger partial charge in [-0.1, -0.05) is 6.07 Å². The number of amides is 1. The van der Waals surface area contributed by atoms with Gasteiger partial charge in [-0.3, -0.25) is 9.78 Å². The molecule has 1 fully saturated rings. The molecule has 0 saturated carbocycles. The zero-order valence-corrected chi connectivity index (χ0v) is 12.1. The minimum atomic E-state index is -0.245. The standard InChI is InChI=1S/C15H17N5O2/c21-15(13-11-16-3-4-17-13)19-10-12-1-2-14(18-9-12)20-5-7-22-8-6-20/h1-4,9,11H,5-8,10H2,(H,19,21). The van der Waals surface area contributed by atoms with E-state index in [1.165, 1.54) is 18.6 Å². The Balaban J connectivity index is 1.56. The summed E-state index contributed by atoms with van der Waals surface area (Å²) in [6.07, 6.45) is 6.25. The molecule has 1 N–H and O–H groups in total. The maximum atomic E-state index is 11.9. The molecule has 1 saturated heterocycles. The van der Waals surface area contributed by atoms with E-state index in [1.807, 2.05) is 12.1 Å². The summed E-state index contributed by atoms with van der Waals surface area (Å²) in [6, 6.07) is 3.93. The Morgan fingerprint density at radius 3 is 2.73 bits per heavy atom. The number of aromatic nitrogens is 3. The molecule has 0 aromatic carbocycles. The molecule has 2 aromatic rings. The van der Waals surface area contributed by atoms with E-state index in [4.69, 9.17) is 4.74 Å². The summed E-state index contributed by atoms with van der Waals surface area (Å²) < 4.78 is 5.32. The van der Waals surface area contributed by atoms with Crippen LogP contribution in [0.4, 0.5) is 5.82 Å². The van der Waals surface area contributed by atoms with Crippen molar-refractivity contribution in [3.8, 4) is 0 Å². The quantitative estimate of drug-likeness (QED) is 0.892. The van der Waals surface area contributed by atoms with Crippen LogP contribution in [0, 0.1) is 0 Å². The number of hydrogen-bond donors (Lipinski definition) is 1. The molecule has 0 spiro atoms. The third-order valence-corrected chi connectivity index (χ3v) is 3.39. The molecule has 0 atom stereocenters. The lowest BCUT2D eigenvalue weighted by Gasteiger charge is -2.27. The van der Waals surface area contributed by atoms with Crippen LogP contribution in [0.5, 0.6) is 0 Å². The van der Waals surface area contributed by atoms with E-state index in [1.54, 1.807) is 6.20 Å². The lowest BCUT2D eigenvalue weighted by atomic mass is 10.2. The van der Waals surface area contributed by atoms with Gasteiger partial charge in [0.25, 0.3) is 5.91 Å². The number of rotatable bonds is 4. The fourth-order valence-electron chi connectivity index (χ4n) is 2.19. The van der Waals surface area contributed by atoms with Crippen LogP contribution in [0.3, 0.4) is 0 Å². The fraction of sp³-hybridized carbons (Fsp3) is 0.333. The minimum Gasteiger partial charge on any atom is -0.378 e. The van der Waals surface area contributed by atoms with Crippen molar-refractivity contribution in [1.29, 1.82) is 0 Å². The van der Waals surface area contributed by atoms with Crippen molar-refractivity contribution >= 4 is 11.7 Å². The van der Waals surface area contributed by atoms with Crippen LogP contribution in [0.25, 0.3) is 0 Å². The highest BCUT2D eigenvalue weighted by Gasteiger charge is 2.12. The normalized spacial score (nSPS) is 14.6. The Bertz CT molecular complexity index is 612. The average Bonchev–Trinajstić information content (AvgIpc) is 2.61. The number of pyridine rings is 1. The van der Waals surface area contributed by atoms with Crippen molar-refractivity contribution in [3.63, 3.8) is 0 Å². The second-order valence-electron chi connectivity index (χ2n) is 4.90. The van der Waals surface area contributed by atoms with Gasteiger partial charge < -0.3 is 15.0 Å². The number of anilines is 1. The van der Waals surface area contributed by atoms with E-state index >= 15 is 0 Å². The molecule has 7 nitrogen and oxygen atoms in total. The van der Waals surface area contributed by atoms with Crippen LogP contribution in [-0.4, -0.2) is 47.2 Å². The van der Waals surface area contributed by atoms with Crippen LogP contribution < -0.4 is 10.2 Å². The Kier molecular flexibility index (Phi) is 4.55. The molecule has 114 valence electrons. The smallest absolute Gasteiger partial charge is 0.271 e. The van der Waals surface area contributed by atoms with Crippen molar-refractivity contribution in [2.45, 2.75) is 6.54 Å². The average molecular weight is 299 g/mol. The predicted molar refractivity (Wildman–Crippen MR) is 80.5 cm³/mol. The minimum absolute atomic E-state index is 0.245. The number of nitrogens with zero attached hydrogens (tertiary/aromatic N) is 4. The van der Waals surface area contributed by atoms with Crippen molar-refractivity contribution in [3.05, 3.63) is 48.2 Å². The summed E-state index contributed by atoms with van der Waals surface area (Å²) in [4.78, 5) is 26.3. The van der Waals surface area contributed by atoms with Gasteiger partial charge in [-0.05, 0) is 11.6 Å². The Morgan fingerprint density at radius 2 is 2.05 bits per heavy atom. The SMILES string of the molecule is O=C(NCc1ccc(N2CCOCC2)nc1)c1cnccn1. The molecule has 0 radical (unpaired) electrons. The van der Waals surface area contributed by atoms with E-state index in [0.29, 0.717) is 12.2 Å². The first-order valence-corrected chi connectivity index (χ1v) is 7.15. The zero-order chi connectivity index (χ0) is 15.2. The second-order valence-corrected chi connectivity index (χ2v) is 4.90. The van der Waals surface area contributed by atoms with Gasteiger partial charge in [0.1, 0.15) is 11.5 Å². The molecule has 3 heterocycles. The summed E-state index contributed by atoms with van der Waals surface area (Å²) in [5.41, 5.74) is 1.25. The Labute approximate surface area is 128 Å². The molecule has 1 aliphatic heterocycles. The molecule has 3 rings (SSSR count). The largest absolute Gasteiger partial charge is 0.378 e. The number of nitrogens with one attached hydrogen (secondary N) is 1. The molecule has 0 unspecified atom stereocenters. The van der Waals surface area contributed by atoms with Gasteiger partial charge in [0.05, 0.1) is 19.4 Å². The number of carbonyl (C=O) groups is 1. The first-order chi connectivity index (χ1) is 10.8. The summed E-state index contributed by atoms with van der Waals surface area (Å²) >= 11 is 0. The zero-order valence-electron chi connectivity index (χ0n) is 12.1. The maximum absolute atomic E-state index is 11.9. The fourth-order valence-corrected chi connectivity index (χ4v) is 2.19. The third-order valence-electron chi connectivity index (χ3n) is 3.39. The maximum Gasteiger partial charge on any atom is 0.271 e. The van der Waals surface area contributed by atoms with Crippen molar-refractivity contribution < 1.29 is 9.53 Å². The summed E-state index contributed by atoms with van der Waals surface area (Å²) in [6.45, 7) is 3.59. The summed E-state index contributed by atoms with van der Waals surface area (Å²) in [7, 11) is 0. The van der Waals surface area contributed by atoms with Crippen LogP contribution >= 0.6 is 0 Å². The van der Waals surface area contributed by atoms with Crippen LogP contribution in [0.2, 0.25) is 0 Å². The highest BCUT2D eigenvalue weighted by atomic mass is 16.5. The molecular weight excluding hydrogens is 282 g/mol. The van der Waals surface area contributed by atoms with Crippen LogP contribution in [0.15, 0.2) is 36.9 Å².